The fourth-order valence-electron chi connectivity index (χ4n) is 2.47. The Morgan fingerprint density at radius 1 is 1.24 bits per heavy atom. The molecule has 1 aliphatic heterocycles. The van der Waals surface area contributed by atoms with Crippen molar-refractivity contribution in [2.45, 2.75) is 58.1 Å². The summed E-state index contributed by atoms with van der Waals surface area (Å²) >= 11 is 0. The van der Waals surface area contributed by atoms with Gasteiger partial charge in [0.15, 0.2) is 0 Å². The number of amides is 1. The number of nitrogens with two attached hydrogens (primary N) is 2. The predicted molar refractivity (Wildman–Crippen MR) is 81.8 cm³/mol. The number of ether oxygens (including phenoxy) is 1. The van der Waals surface area contributed by atoms with Crippen LogP contribution in [0.25, 0.3) is 0 Å². The molecule has 1 aliphatic carbocycles. The summed E-state index contributed by atoms with van der Waals surface area (Å²) in [6.07, 6.45) is 5.65. The van der Waals surface area contributed by atoms with Crippen LogP contribution in [0.15, 0.2) is 11.9 Å². The molecule has 1 amide bonds. The predicted octanol–water partition coefficient (Wildman–Crippen LogP) is 1.77. The van der Waals surface area contributed by atoms with E-state index in [9.17, 15) is 4.79 Å². The molecule has 6 nitrogen and oxygen atoms in total. The van der Waals surface area contributed by atoms with Gasteiger partial charge >= 0.3 is 6.09 Å². The first-order valence-electron chi connectivity index (χ1n) is 7.74. The molecule has 0 spiro atoms. The number of hydrogen-bond acceptors (Lipinski definition) is 5. The number of nitrogens with zero attached hydrogens (tertiary/aromatic N) is 2. The first kappa shape index (κ1) is 15.9. The fourth-order valence-corrected chi connectivity index (χ4v) is 2.47. The van der Waals surface area contributed by atoms with Crippen LogP contribution in [-0.2, 0) is 4.74 Å². The second kappa shape index (κ2) is 6.13. The van der Waals surface area contributed by atoms with Gasteiger partial charge in [0.05, 0.1) is 0 Å². The van der Waals surface area contributed by atoms with Gasteiger partial charge in [-0.2, -0.15) is 0 Å². The number of allylic oxidation sites excluding steroid dienone is 1. The van der Waals surface area contributed by atoms with Crippen LogP contribution in [0.3, 0.4) is 0 Å². The van der Waals surface area contributed by atoms with Gasteiger partial charge in [0.25, 0.3) is 0 Å². The average Bonchev–Trinajstić information content (AvgIpc) is 3.21. The average molecular weight is 296 g/mol. The third kappa shape index (κ3) is 4.81. The zero-order chi connectivity index (χ0) is 15.6. The van der Waals surface area contributed by atoms with Crippen molar-refractivity contribution in [2.24, 2.45) is 17.5 Å². The minimum Gasteiger partial charge on any atom is -0.444 e. The van der Waals surface area contributed by atoms with Gasteiger partial charge in [-0.1, -0.05) is 0 Å². The van der Waals surface area contributed by atoms with E-state index in [0.717, 1.165) is 18.5 Å². The number of hydrogen-bond donors (Lipinski definition) is 2. The molecule has 0 unspecified atom stereocenters. The summed E-state index contributed by atoms with van der Waals surface area (Å²) in [5.41, 5.74) is 6.42. The highest BCUT2D eigenvalue weighted by atomic mass is 16.6. The van der Waals surface area contributed by atoms with Crippen molar-refractivity contribution in [3.63, 3.8) is 0 Å². The molecular formula is C15H28N4O2. The van der Waals surface area contributed by atoms with Gasteiger partial charge in [-0.15, -0.1) is 0 Å². The van der Waals surface area contributed by atoms with Gasteiger partial charge < -0.3 is 20.4 Å². The highest BCUT2D eigenvalue weighted by molar-refractivity contribution is 5.68. The Morgan fingerprint density at radius 2 is 1.81 bits per heavy atom. The van der Waals surface area contributed by atoms with Gasteiger partial charge in [0.1, 0.15) is 5.60 Å². The highest BCUT2D eigenvalue weighted by Gasteiger charge is 2.29. The standard InChI is InChI=1S/C15H28N4O2/c1-15(2,3)21-14(20)18-8-6-12(7-9-18)19(17)10-13(16)11-4-5-11/h10-12H,4-9,16-17H2,1-3H3/b13-10-. The Hall–Kier alpha value is -1.43. The van der Waals surface area contributed by atoms with Crippen molar-refractivity contribution < 1.29 is 9.53 Å². The number of hydrazine groups is 1. The van der Waals surface area contributed by atoms with Crippen molar-refractivity contribution in [3.8, 4) is 0 Å². The van der Waals surface area contributed by atoms with Crippen LogP contribution in [0.1, 0.15) is 46.5 Å². The second-order valence-corrected chi connectivity index (χ2v) is 7.05. The van der Waals surface area contributed by atoms with E-state index >= 15 is 0 Å². The number of likely N-dealkylation sites (tertiary alicyclic amines) is 1. The van der Waals surface area contributed by atoms with Crippen molar-refractivity contribution in [2.75, 3.05) is 13.1 Å². The quantitative estimate of drug-likeness (QED) is 0.612. The van der Waals surface area contributed by atoms with Crippen LogP contribution in [0.4, 0.5) is 4.79 Å². The van der Waals surface area contributed by atoms with Gasteiger partial charge in [-0.25, -0.2) is 10.6 Å². The molecule has 2 aliphatic rings. The molecule has 0 atom stereocenters. The van der Waals surface area contributed by atoms with Gasteiger partial charge in [0.2, 0.25) is 0 Å². The summed E-state index contributed by atoms with van der Waals surface area (Å²) in [4.78, 5) is 13.7. The molecule has 0 radical (unpaired) electrons. The Labute approximate surface area is 127 Å². The normalized spacial score (nSPS) is 21.3. The molecule has 0 aromatic heterocycles. The molecule has 0 bridgehead atoms. The number of rotatable bonds is 3. The Balaban J connectivity index is 1.80. The van der Waals surface area contributed by atoms with Crippen LogP contribution in [0.5, 0.6) is 0 Å². The minimum atomic E-state index is -0.449. The molecule has 0 aromatic carbocycles. The maximum Gasteiger partial charge on any atom is 0.410 e. The van der Waals surface area contributed by atoms with Gasteiger partial charge in [-0.3, -0.25) is 0 Å². The summed E-state index contributed by atoms with van der Waals surface area (Å²) in [7, 11) is 0. The lowest BCUT2D eigenvalue weighted by Gasteiger charge is -2.36. The Bertz CT molecular complexity index is 404. The van der Waals surface area contributed by atoms with Crippen molar-refractivity contribution in [3.05, 3.63) is 11.9 Å². The lowest BCUT2D eigenvalue weighted by molar-refractivity contribution is 0.0165. The SMILES string of the molecule is CC(C)(C)OC(=O)N1CCC(N(N)/C=C(\N)C2CC2)CC1. The first-order chi connectivity index (χ1) is 9.76. The van der Waals surface area contributed by atoms with E-state index in [1.54, 1.807) is 9.91 Å². The summed E-state index contributed by atoms with van der Waals surface area (Å²) in [5.74, 6) is 6.61. The van der Waals surface area contributed by atoms with Gasteiger partial charge in [-0.05, 0) is 46.5 Å². The molecule has 6 heteroatoms. The molecule has 120 valence electrons. The van der Waals surface area contributed by atoms with Crippen LogP contribution >= 0.6 is 0 Å². The van der Waals surface area contributed by atoms with Crippen LogP contribution < -0.4 is 11.6 Å². The van der Waals surface area contributed by atoms with E-state index in [1.165, 1.54) is 12.8 Å². The zero-order valence-electron chi connectivity index (χ0n) is 13.3. The lowest BCUT2D eigenvalue weighted by Crippen LogP contribution is -2.48. The number of carbonyl (C=O) groups excluding carboxylic acids is 1. The second-order valence-electron chi connectivity index (χ2n) is 7.05. The van der Waals surface area contributed by atoms with E-state index in [4.69, 9.17) is 16.3 Å². The van der Waals surface area contributed by atoms with Crippen LogP contribution in [-0.4, -0.2) is 40.7 Å². The summed E-state index contributed by atoms with van der Waals surface area (Å²) in [6, 6.07) is 0.237. The Morgan fingerprint density at radius 3 is 2.29 bits per heavy atom. The van der Waals surface area contributed by atoms with Crippen molar-refractivity contribution >= 4 is 6.09 Å². The van der Waals surface area contributed by atoms with Crippen LogP contribution in [0, 0.1) is 5.92 Å². The third-order valence-corrected chi connectivity index (χ3v) is 3.88. The first-order valence-corrected chi connectivity index (χ1v) is 7.74. The van der Waals surface area contributed by atoms with Crippen molar-refractivity contribution in [1.82, 2.24) is 9.91 Å². The molecule has 21 heavy (non-hydrogen) atoms. The highest BCUT2D eigenvalue weighted by Crippen LogP contribution is 2.34. The molecular weight excluding hydrogens is 268 g/mol. The lowest BCUT2D eigenvalue weighted by atomic mass is 10.1. The summed E-state index contributed by atoms with van der Waals surface area (Å²) < 4.78 is 5.39. The molecule has 2 fully saturated rings. The molecule has 1 heterocycles. The number of piperidine rings is 1. The van der Waals surface area contributed by atoms with E-state index in [0.29, 0.717) is 19.0 Å². The van der Waals surface area contributed by atoms with E-state index in [1.807, 2.05) is 27.0 Å². The van der Waals surface area contributed by atoms with Gasteiger partial charge in [0, 0.05) is 36.9 Å². The topological polar surface area (TPSA) is 84.8 Å². The minimum absolute atomic E-state index is 0.237. The maximum atomic E-state index is 12.0. The zero-order valence-corrected chi connectivity index (χ0v) is 13.3. The van der Waals surface area contributed by atoms with E-state index < -0.39 is 5.60 Å². The molecule has 1 saturated heterocycles. The summed E-state index contributed by atoms with van der Waals surface area (Å²) in [6.45, 7) is 6.98. The monoisotopic (exact) mass is 296 g/mol. The van der Waals surface area contributed by atoms with E-state index in [-0.39, 0.29) is 12.1 Å². The van der Waals surface area contributed by atoms with Crippen LogP contribution in [0.2, 0.25) is 0 Å². The molecule has 4 N–H and O–H groups in total. The largest absolute Gasteiger partial charge is 0.444 e. The van der Waals surface area contributed by atoms with E-state index in [2.05, 4.69) is 0 Å². The number of carbonyl (C=O) groups is 1. The maximum absolute atomic E-state index is 12.0. The fraction of sp³-hybridized carbons (Fsp3) is 0.800. The Kier molecular flexibility index (Phi) is 4.66. The smallest absolute Gasteiger partial charge is 0.410 e. The molecule has 1 saturated carbocycles. The van der Waals surface area contributed by atoms with Crippen molar-refractivity contribution in [1.29, 1.82) is 0 Å². The molecule has 0 aromatic rings. The summed E-state index contributed by atoms with van der Waals surface area (Å²) in [5, 5.41) is 1.72. The molecule has 2 rings (SSSR count). The third-order valence-electron chi connectivity index (χ3n) is 3.88.